The summed E-state index contributed by atoms with van der Waals surface area (Å²) < 4.78 is 42.4. The van der Waals surface area contributed by atoms with E-state index in [1.165, 1.54) is 23.0 Å². The molecule has 0 bridgehead atoms. The molecule has 0 saturated carbocycles. The molecule has 0 spiro atoms. The number of alkyl halides is 3. The fourth-order valence-electron chi connectivity index (χ4n) is 1.28. The summed E-state index contributed by atoms with van der Waals surface area (Å²) in [5.74, 6) is -0.404. The van der Waals surface area contributed by atoms with Crippen molar-refractivity contribution in [2.45, 2.75) is 6.36 Å². The van der Waals surface area contributed by atoms with E-state index >= 15 is 0 Å². The van der Waals surface area contributed by atoms with Crippen LogP contribution in [0.5, 0.6) is 5.75 Å². The molecule has 9 heteroatoms. The van der Waals surface area contributed by atoms with Gasteiger partial charge in [0, 0.05) is 4.47 Å². The first-order valence-electron chi connectivity index (χ1n) is 4.48. The van der Waals surface area contributed by atoms with Crippen molar-refractivity contribution in [2.75, 3.05) is 0 Å². The molecule has 0 unspecified atom stereocenters. The zero-order chi connectivity index (χ0) is 13.3. The molecule has 1 aromatic carbocycles. The van der Waals surface area contributed by atoms with Gasteiger partial charge in [0.25, 0.3) is 0 Å². The molecule has 0 fully saturated rings. The lowest BCUT2D eigenvalue weighted by Crippen LogP contribution is -2.18. The first kappa shape index (κ1) is 13.2. The van der Waals surface area contributed by atoms with Crippen molar-refractivity contribution in [1.29, 1.82) is 0 Å². The van der Waals surface area contributed by atoms with Crippen LogP contribution in [-0.4, -0.2) is 21.1 Å². The van der Waals surface area contributed by atoms with Crippen molar-refractivity contribution in [1.82, 2.24) is 14.8 Å². The minimum absolute atomic E-state index is 0.0654. The maximum Gasteiger partial charge on any atom is 0.573 e. The van der Waals surface area contributed by atoms with Gasteiger partial charge < -0.3 is 4.74 Å². The van der Waals surface area contributed by atoms with E-state index in [4.69, 9.17) is 11.6 Å². The first-order chi connectivity index (χ1) is 8.37. The SMILES string of the molecule is FC(F)(F)Oc1cc(Br)ccc1-n1cnnc1Cl. The lowest BCUT2D eigenvalue weighted by molar-refractivity contribution is -0.274. The fourth-order valence-corrected chi connectivity index (χ4v) is 1.79. The van der Waals surface area contributed by atoms with Gasteiger partial charge in [-0.3, -0.25) is 4.57 Å². The zero-order valence-corrected chi connectivity index (χ0v) is 10.8. The van der Waals surface area contributed by atoms with Crippen LogP contribution in [0.15, 0.2) is 29.0 Å². The Kier molecular flexibility index (Phi) is 3.49. The molecule has 18 heavy (non-hydrogen) atoms. The number of rotatable bonds is 2. The third-order valence-corrected chi connectivity index (χ3v) is 2.66. The Balaban J connectivity index is 2.51. The van der Waals surface area contributed by atoms with E-state index in [1.54, 1.807) is 6.07 Å². The number of ether oxygens (including phenoxy) is 1. The Morgan fingerprint density at radius 2 is 2.06 bits per heavy atom. The monoisotopic (exact) mass is 341 g/mol. The van der Waals surface area contributed by atoms with Gasteiger partial charge in [-0.05, 0) is 29.8 Å². The van der Waals surface area contributed by atoms with Crippen LogP contribution in [0, 0.1) is 0 Å². The van der Waals surface area contributed by atoms with E-state index in [9.17, 15) is 13.2 Å². The average Bonchev–Trinajstić information content (AvgIpc) is 2.62. The Hall–Kier alpha value is -1.28. The van der Waals surface area contributed by atoms with Gasteiger partial charge in [0.15, 0.2) is 5.75 Å². The number of hydrogen-bond donors (Lipinski definition) is 0. The molecule has 1 heterocycles. The normalized spacial score (nSPS) is 11.6. The van der Waals surface area contributed by atoms with Crippen molar-refractivity contribution >= 4 is 27.5 Å². The van der Waals surface area contributed by atoms with E-state index in [-0.39, 0.29) is 11.0 Å². The fraction of sp³-hybridized carbons (Fsp3) is 0.111. The maximum absolute atomic E-state index is 12.3. The van der Waals surface area contributed by atoms with E-state index in [0.717, 1.165) is 0 Å². The van der Waals surface area contributed by atoms with Crippen LogP contribution in [0.25, 0.3) is 5.69 Å². The molecule has 0 saturated heterocycles. The topological polar surface area (TPSA) is 39.9 Å². The van der Waals surface area contributed by atoms with Gasteiger partial charge in [-0.25, -0.2) is 0 Å². The van der Waals surface area contributed by atoms with Crippen molar-refractivity contribution in [2.24, 2.45) is 0 Å². The van der Waals surface area contributed by atoms with Gasteiger partial charge in [-0.2, -0.15) is 0 Å². The summed E-state index contributed by atoms with van der Waals surface area (Å²) in [5.41, 5.74) is 0.0884. The van der Waals surface area contributed by atoms with Crippen LogP contribution in [0.2, 0.25) is 5.28 Å². The summed E-state index contributed by atoms with van der Waals surface area (Å²) >= 11 is 8.76. The summed E-state index contributed by atoms with van der Waals surface area (Å²) in [4.78, 5) is 0. The molecule has 4 nitrogen and oxygen atoms in total. The van der Waals surface area contributed by atoms with Gasteiger partial charge >= 0.3 is 6.36 Å². The van der Waals surface area contributed by atoms with Crippen molar-refractivity contribution < 1.29 is 17.9 Å². The number of nitrogens with zero attached hydrogens (tertiary/aromatic N) is 3. The van der Waals surface area contributed by atoms with Crippen LogP contribution in [0.4, 0.5) is 13.2 Å². The van der Waals surface area contributed by atoms with Gasteiger partial charge in [-0.1, -0.05) is 15.9 Å². The smallest absolute Gasteiger partial charge is 0.403 e. The van der Waals surface area contributed by atoms with E-state index < -0.39 is 12.1 Å². The predicted octanol–water partition coefficient (Wildman–Crippen LogP) is 3.58. The molecule has 0 aliphatic heterocycles. The van der Waals surface area contributed by atoms with Gasteiger partial charge in [0.2, 0.25) is 5.28 Å². The Labute approximate surface area is 112 Å². The van der Waals surface area contributed by atoms with Crippen LogP contribution in [0.3, 0.4) is 0 Å². The van der Waals surface area contributed by atoms with Gasteiger partial charge in [-0.15, -0.1) is 23.4 Å². The highest BCUT2D eigenvalue weighted by Gasteiger charge is 2.32. The highest BCUT2D eigenvalue weighted by molar-refractivity contribution is 9.10. The molecule has 0 aliphatic rings. The van der Waals surface area contributed by atoms with E-state index in [0.29, 0.717) is 4.47 Å². The highest BCUT2D eigenvalue weighted by atomic mass is 79.9. The molecule has 2 rings (SSSR count). The number of halogens is 5. The third kappa shape index (κ3) is 2.94. The Bertz CT molecular complexity index is 572. The van der Waals surface area contributed by atoms with Crippen LogP contribution >= 0.6 is 27.5 Å². The Morgan fingerprint density at radius 1 is 1.33 bits per heavy atom. The van der Waals surface area contributed by atoms with Gasteiger partial charge in [0.1, 0.15) is 6.33 Å². The average molecular weight is 343 g/mol. The number of benzene rings is 1. The van der Waals surface area contributed by atoms with E-state index in [1.807, 2.05) is 0 Å². The largest absolute Gasteiger partial charge is 0.573 e. The molecular weight excluding hydrogens is 338 g/mol. The highest BCUT2D eigenvalue weighted by Crippen LogP contribution is 2.32. The number of aromatic nitrogens is 3. The lowest BCUT2D eigenvalue weighted by Gasteiger charge is -2.14. The molecule has 0 N–H and O–H groups in total. The minimum Gasteiger partial charge on any atom is -0.403 e. The standard InChI is InChI=1S/C9H4BrClF3N3O/c10-5-1-2-6(17-4-15-16-8(17)11)7(3-5)18-9(12,13)14/h1-4H. The summed E-state index contributed by atoms with van der Waals surface area (Å²) in [5, 5.41) is 6.91. The summed E-state index contributed by atoms with van der Waals surface area (Å²) in [6, 6.07) is 4.13. The minimum atomic E-state index is -4.80. The van der Waals surface area contributed by atoms with Gasteiger partial charge in [0.05, 0.1) is 5.69 Å². The van der Waals surface area contributed by atoms with Crippen molar-refractivity contribution in [3.05, 3.63) is 34.3 Å². The second-order valence-corrected chi connectivity index (χ2v) is 4.38. The summed E-state index contributed by atoms with van der Waals surface area (Å²) in [7, 11) is 0. The van der Waals surface area contributed by atoms with Crippen LogP contribution in [-0.2, 0) is 0 Å². The Morgan fingerprint density at radius 3 is 2.61 bits per heavy atom. The zero-order valence-electron chi connectivity index (χ0n) is 8.45. The second-order valence-electron chi connectivity index (χ2n) is 3.13. The van der Waals surface area contributed by atoms with Crippen LogP contribution < -0.4 is 4.74 Å². The predicted molar refractivity (Wildman–Crippen MR) is 60.8 cm³/mol. The molecular formula is C9H4BrClF3N3O. The molecule has 0 aliphatic carbocycles. The second kappa shape index (κ2) is 4.77. The van der Waals surface area contributed by atoms with E-state index in [2.05, 4.69) is 30.9 Å². The molecule has 0 amide bonds. The molecule has 0 atom stereocenters. The van der Waals surface area contributed by atoms with Crippen LogP contribution in [0.1, 0.15) is 0 Å². The molecule has 96 valence electrons. The third-order valence-electron chi connectivity index (χ3n) is 1.91. The molecule has 0 radical (unpaired) electrons. The van der Waals surface area contributed by atoms with Crippen molar-refractivity contribution in [3.8, 4) is 11.4 Å². The van der Waals surface area contributed by atoms with Crippen molar-refractivity contribution in [3.63, 3.8) is 0 Å². The molecule has 1 aromatic heterocycles. The maximum atomic E-state index is 12.3. The summed E-state index contributed by atoms with van der Waals surface area (Å²) in [6.45, 7) is 0. The number of hydrogen-bond acceptors (Lipinski definition) is 3. The summed E-state index contributed by atoms with van der Waals surface area (Å²) in [6.07, 6.45) is -3.61. The quantitative estimate of drug-likeness (QED) is 0.837. The first-order valence-corrected chi connectivity index (χ1v) is 5.65. The molecule has 2 aromatic rings. The lowest BCUT2D eigenvalue weighted by atomic mass is 10.3.